The number of hydrogen-bond acceptors (Lipinski definition) is 2. The molecule has 7 heteroatoms. The minimum Gasteiger partial charge on any atom is -0.369 e. The van der Waals surface area contributed by atoms with Crippen molar-refractivity contribution in [2.24, 2.45) is 11.7 Å². The summed E-state index contributed by atoms with van der Waals surface area (Å²) in [5.74, 6) is 0.777. The maximum absolute atomic E-state index is 7.46. The van der Waals surface area contributed by atoms with Crippen LogP contribution < -0.4 is 21.9 Å². The lowest BCUT2D eigenvalue weighted by Gasteiger charge is -2.21. The highest BCUT2D eigenvalue weighted by molar-refractivity contribution is 5.85. The molecule has 1 aliphatic rings. The van der Waals surface area contributed by atoms with E-state index >= 15 is 0 Å². The second-order valence-corrected chi connectivity index (χ2v) is 4.26. The summed E-state index contributed by atoms with van der Waals surface area (Å²) in [6.07, 6.45) is 7.86. The van der Waals surface area contributed by atoms with E-state index in [0.717, 1.165) is 18.9 Å². The van der Waals surface area contributed by atoms with E-state index < -0.39 is 0 Å². The van der Waals surface area contributed by atoms with Crippen LogP contribution in [-0.4, -0.2) is 18.5 Å². The smallest absolute Gasteiger partial charge is 0.207 e. The molecule has 0 heterocycles. The molecule has 0 aromatic rings. The molecule has 0 aromatic carbocycles. The van der Waals surface area contributed by atoms with Crippen LogP contribution >= 0.6 is 12.4 Å². The fraction of sp³-hybridized carbons (Fsp3) is 0.800. The minimum absolute atomic E-state index is 0. The Kier molecular flexibility index (Phi) is 8.31. The molecule has 0 atom stereocenters. The average Bonchev–Trinajstić information content (AvgIpc) is 2.28. The van der Waals surface area contributed by atoms with Crippen molar-refractivity contribution in [2.45, 2.75) is 38.5 Å². The van der Waals surface area contributed by atoms with Crippen molar-refractivity contribution in [1.82, 2.24) is 16.2 Å². The fourth-order valence-electron chi connectivity index (χ4n) is 2.05. The molecular weight excluding hydrogens is 240 g/mol. The molecule has 0 unspecified atom stereocenters. The van der Waals surface area contributed by atoms with Gasteiger partial charge in [-0.05, 0) is 12.3 Å². The van der Waals surface area contributed by atoms with E-state index in [-0.39, 0.29) is 24.3 Å². The number of hydrogen-bond donors (Lipinski definition) is 6. The van der Waals surface area contributed by atoms with Crippen LogP contribution in [0, 0.1) is 16.7 Å². The normalized spacial score (nSPS) is 15.5. The van der Waals surface area contributed by atoms with E-state index in [1.165, 1.54) is 32.1 Å². The molecule has 0 bridgehead atoms. The van der Waals surface area contributed by atoms with Crippen molar-refractivity contribution >= 4 is 24.3 Å². The Morgan fingerprint density at radius 3 is 2.35 bits per heavy atom. The molecule has 1 saturated carbocycles. The second kappa shape index (κ2) is 8.92. The standard InChI is InChI=1S/C10H22N6.ClH/c11-9(12)15-16-10(13)14-7-6-8-4-2-1-3-5-8;/h8H,1-7H2,(H4,11,12,15)(H3,13,14,16);1H. The van der Waals surface area contributed by atoms with Crippen molar-refractivity contribution in [3.05, 3.63) is 0 Å². The molecule has 1 fully saturated rings. The first-order chi connectivity index (χ1) is 7.68. The van der Waals surface area contributed by atoms with E-state index in [1.807, 2.05) is 0 Å². The summed E-state index contributed by atoms with van der Waals surface area (Å²) in [6.45, 7) is 0.802. The Morgan fingerprint density at radius 2 is 1.76 bits per heavy atom. The topological polar surface area (TPSA) is 110 Å². The Labute approximate surface area is 109 Å². The van der Waals surface area contributed by atoms with Crippen LogP contribution in [0.5, 0.6) is 0 Å². The van der Waals surface area contributed by atoms with Crippen LogP contribution in [0.3, 0.4) is 0 Å². The number of hydrazine groups is 1. The van der Waals surface area contributed by atoms with Gasteiger partial charge in [0.2, 0.25) is 11.9 Å². The molecule has 0 aromatic heterocycles. The Hall–Kier alpha value is -1.17. The SMILES string of the molecule is Cl.N=C(N)NNC(=N)NCCC1CCCCC1. The van der Waals surface area contributed by atoms with Crippen LogP contribution in [0.25, 0.3) is 0 Å². The zero-order valence-electron chi connectivity index (χ0n) is 10.0. The summed E-state index contributed by atoms with van der Waals surface area (Å²) in [5, 5.41) is 17.3. The molecule has 0 saturated heterocycles. The number of nitrogens with one attached hydrogen (secondary N) is 5. The van der Waals surface area contributed by atoms with Crippen molar-refractivity contribution < 1.29 is 0 Å². The molecule has 0 aliphatic heterocycles. The summed E-state index contributed by atoms with van der Waals surface area (Å²) in [4.78, 5) is 0. The van der Waals surface area contributed by atoms with Gasteiger partial charge in [-0.25, -0.2) is 0 Å². The highest BCUT2D eigenvalue weighted by atomic mass is 35.5. The molecule has 0 spiro atoms. The van der Waals surface area contributed by atoms with Gasteiger partial charge in [0, 0.05) is 6.54 Å². The van der Waals surface area contributed by atoms with Crippen LogP contribution in [0.4, 0.5) is 0 Å². The van der Waals surface area contributed by atoms with Crippen LogP contribution in [0.1, 0.15) is 38.5 Å². The molecule has 0 amide bonds. The molecule has 100 valence electrons. The molecule has 7 N–H and O–H groups in total. The highest BCUT2D eigenvalue weighted by Crippen LogP contribution is 2.25. The Bertz CT molecular complexity index is 239. The lowest BCUT2D eigenvalue weighted by molar-refractivity contribution is 0.339. The maximum atomic E-state index is 7.46. The lowest BCUT2D eigenvalue weighted by Crippen LogP contribution is -2.49. The van der Waals surface area contributed by atoms with Gasteiger partial charge in [-0.1, -0.05) is 32.1 Å². The van der Waals surface area contributed by atoms with Gasteiger partial charge in [-0.15, -0.1) is 12.4 Å². The number of rotatable bonds is 3. The van der Waals surface area contributed by atoms with E-state index in [4.69, 9.17) is 16.6 Å². The number of guanidine groups is 2. The van der Waals surface area contributed by atoms with Gasteiger partial charge in [-0.2, -0.15) is 0 Å². The van der Waals surface area contributed by atoms with Crippen LogP contribution in [0.2, 0.25) is 0 Å². The largest absolute Gasteiger partial charge is 0.369 e. The van der Waals surface area contributed by atoms with E-state index in [1.54, 1.807) is 0 Å². The molecule has 6 nitrogen and oxygen atoms in total. The fourth-order valence-corrected chi connectivity index (χ4v) is 2.05. The lowest BCUT2D eigenvalue weighted by atomic mass is 9.87. The van der Waals surface area contributed by atoms with E-state index in [0.29, 0.717) is 0 Å². The Balaban J connectivity index is 0.00000256. The van der Waals surface area contributed by atoms with Gasteiger partial charge in [0.25, 0.3) is 0 Å². The molecule has 0 radical (unpaired) electrons. The van der Waals surface area contributed by atoms with Crippen molar-refractivity contribution in [3.63, 3.8) is 0 Å². The van der Waals surface area contributed by atoms with E-state index in [2.05, 4.69) is 16.2 Å². The predicted octanol–water partition coefficient (Wildman–Crippen LogP) is 0.891. The van der Waals surface area contributed by atoms with E-state index in [9.17, 15) is 0 Å². The van der Waals surface area contributed by atoms with Crippen molar-refractivity contribution in [3.8, 4) is 0 Å². The number of nitrogens with two attached hydrogens (primary N) is 1. The van der Waals surface area contributed by atoms with Crippen LogP contribution in [0.15, 0.2) is 0 Å². The summed E-state index contributed by atoms with van der Waals surface area (Å²) >= 11 is 0. The van der Waals surface area contributed by atoms with Crippen LogP contribution in [-0.2, 0) is 0 Å². The van der Waals surface area contributed by atoms with Gasteiger partial charge in [0.1, 0.15) is 0 Å². The first kappa shape index (κ1) is 15.8. The monoisotopic (exact) mass is 262 g/mol. The molecule has 1 rings (SSSR count). The Morgan fingerprint density at radius 1 is 1.12 bits per heavy atom. The quantitative estimate of drug-likeness (QED) is 0.258. The zero-order valence-corrected chi connectivity index (χ0v) is 10.8. The van der Waals surface area contributed by atoms with Crippen molar-refractivity contribution in [1.29, 1.82) is 10.8 Å². The molecular formula is C10H23ClN6. The van der Waals surface area contributed by atoms with Gasteiger partial charge < -0.3 is 11.1 Å². The predicted molar refractivity (Wildman–Crippen MR) is 72.4 cm³/mol. The average molecular weight is 263 g/mol. The zero-order chi connectivity index (χ0) is 11.8. The first-order valence-electron chi connectivity index (χ1n) is 5.87. The van der Waals surface area contributed by atoms with Gasteiger partial charge in [-0.3, -0.25) is 21.7 Å². The summed E-state index contributed by atoms with van der Waals surface area (Å²) < 4.78 is 0. The third-order valence-electron chi connectivity index (χ3n) is 2.90. The van der Waals surface area contributed by atoms with Gasteiger partial charge in [0.15, 0.2) is 0 Å². The minimum atomic E-state index is -0.196. The first-order valence-corrected chi connectivity index (χ1v) is 5.87. The van der Waals surface area contributed by atoms with Gasteiger partial charge >= 0.3 is 0 Å². The molecule has 1 aliphatic carbocycles. The third-order valence-corrected chi connectivity index (χ3v) is 2.90. The summed E-state index contributed by atoms with van der Waals surface area (Å²) in [5.41, 5.74) is 9.92. The highest BCUT2D eigenvalue weighted by Gasteiger charge is 2.12. The van der Waals surface area contributed by atoms with Gasteiger partial charge in [0.05, 0.1) is 0 Å². The number of halogens is 1. The maximum Gasteiger partial charge on any atom is 0.207 e. The summed E-state index contributed by atoms with van der Waals surface area (Å²) in [6, 6.07) is 0. The second-order valence-electron chi connectivity index (χ2n) is 4.26. The molecule has 17 heavy (non-hydrogen) atoms. The third kappa shape index (κ3) is 7.68. The van der Waals surface area contributed by atoms with Crippen molar-refractivity contribution in [2.75, 3.05) is 6.54 Å². The summed E-state index contributed by atoms with van der Waals surface area (Å²) in [7, 11) is 0.